The van der Waals surface area contributed by atoms with Crippen molar-refractivity contribution in [2.45, 2.75) is 63.5 Å². The predicted octanol–water partition coefficient (Wildman–Crippen LogP) is 2.46. The average Bonchev–Trinajstić information content (AvgIpc) is 3.54. The van der Waals surface area contributed by atoms with E-state index in [1.54, 1.807) is 32.4 Å². The summed E-state index contributed by atoms with van der Waals surface area (Å²) in [6.45, 7) is 0.573. The van der Waals surface area contributed by atoms with Crippen LogP contribution in [0.1, 0.15) is 61.9 Å². The Morgan fingerprint density at radius 3 is 2.43 bits per heavy atom. The molecule has 0 bridgehead atoms. The van der Waals surface area contributed by atoms with E-state index in [0.717, 1.165) is 25.7 Å². The SMILES string of the molecule is COc1ccc(OC)c2[nH]c(C(=O)N[C@@H](CC3CCCCC3)C(=O)N[C@H](C=O)C[C@@H]3CCNC3=O)cc12. The number of rotatable bonds is 11. The highest BCUT2D eigenvalue weighted by Gasteiger charge is 2.31. The Kier molecular flexibility index (Phi) is 8.68. The number of methoxy groups -OCH3 is 2. The second-order valence-corrected chi connectivity index (χ2v) is 9.97. The highest BCUT2D eigenvalue weighted by molar-refractivity contribution is 6.03. The fourth-order valence-electron chi connectivity index (χ4n) is 5.47. The van der Waals surface area contributed by atoms with Gasteiger partial charge in [0.1, 0.15) is 29.5 Å². The standard InChI is InChI=1S/C27H36N4O6/c1-36-22-8-9-23(37-2)24-19(22)14-21(30-24)27(35)31-20(12-16-6-4-3-5-7-16)26(34)29-18(15-32)13-17-10-11-28-25(17)33/h8-9,14-18,20,30H,3-7,10-13H2,1-2H3,(H,28,33)(H,29,34)(H,31,35)/t17-,18-,20-/m0/s1. The first-order valence-electron chi connectivity index (χ1n) is 13.0. The minimum Gasteiger partial charge on any atom is -0.496 e. The Labute approximate surface area is 216 Å². The van der Waals surface area contributed by atoms with Crippen LogP contribution in [0.25, 0.3) is 10.9 Å². The minimum absolute atomic E-state index is 0.0992. The van der Waals surface area contributed by atoms with Crippen molar-refractivity contribution in [3.8, 4) is 11.5 Å². The van der Waals surface area contributed by atoms with Gasteiger partial charge in [0, 0.05) is 17.8 Å². The van der Waals surface area contributed by atoms with Crippen molar-refractivity contribution in [3.63, 3.8) is 0 Å². The van der Waals surface area contributed by atoms with Gasteiger partial charge >= 0.3 is 0 Å². The Bertz CT molecular complexity index is 1100. The van der Waals surface area contributed by atoms with Crippen LogP contribution in [0.15, 0.2) is 18.2 Å². The lowest BCUT2D eigenvalue weighted by atomic mass is 9.84. The van der Waals surface area contributed by atoms with Gasteiger partial charge in [0.2, 0.25) is 11.8 Å². The van der Waals surface area contributed by atoms with Gasteiger partial charge in [0.05, 0.1) is 25.8 Å². The summed E-state index contributed by atoms with van der Waals surface area (Å²) in [5.74, 6) is 0.206. The molecule has 1 saturated heterocycles. The Morgan fingerprint density at radius 2 is 1.78 bits per heavy atom. The smallest absolute Gasteiger partial charge is 0.268 e. The summed E-state index contributed by atoms with van der Waals surface area (Å²) >= 11 is 0. The topological polar surface area (TPSA) is 139 Å². The van der Waals surface area contributed by atoms with E-state index in [0.29, 0.717) is 54.0 Å². The lowest BCUT2D eigenvalue weighted by Gasteiger charge is -2.27. The van der Waals surface area contributed by atoms with E-state index in [1.165, 1.54) is 6.42 Å². The van der Waals surface area contributed by atoms with E-state index in [2.05, 4.69) is 20.9 Å². The quantitative estimate of drug-likeness (QED) is 0.341. The van der Waals surface area contributed by atoms with Crippen molar-refractivity contribution >= 4 is 34.9 Å². The van der Waals surface area contributed by atoms with E-state index in [-0.39, 0.29) is 23.9 Å². The molecule has 2 aliphatic rings. The number of aromatic amines is 1. The number of aromatic nitrogens is 1. The molecule has 10 heteroatoms. The van der Waals surface area contributed by atoms with Crippen LogP contribution in [-0.4, -0.2) is 61.8 Å². The monoisotopic (exact) mass is 512 g/mol. The summed E-state index contributed by atoms with van der Waals surface area (Å²) in [4.78, 5) is 53.5. The maximum Gasteiger partial charge on any atom is 0.268 e. The second-order valence-electron chi connectivity index (χ2n) is 9.97. The Balaban J connectivity index is 1.52. The number of amides is 3. The van der Waals surface area contributed by atoms with Gasteiger partial charge in [-0.25, -0.2) is 0 Å². The summed E-state index contributed by atoms with van der Waals surface area (Å²) in [5.41, 5.74) is 0.893. The zero-order valence-electron chi connectivity index (χ0n) is 21.4. The van der Waals surface area contributed by atoms with Crippen molar-refractivity contribution in [2.75, 3.05) is 20.8 Å². The van der Waals surface area contributed by atoms with E-state index in [1.807, 2.05) is 0 Å². The molecule has 3 atom stereocenters. The van der Waals surface area contributed by atoms with E-state index in [4.69, 9.17) is 9.47 Å². The van der Waals surface area contributed by atoms with Crippen LogP contribution in [0.4, 0.5) is 0 Å². The maximum atomic E-state index is 13.3. The number of hydrogen-bond donors (Lipinski definition) is 4. The van der Waals surface area contributed by atoms with Gasteiger partial charge in [-0.05, 0) is 43.4 Å². The first-order chi connectivity index (χ1) is 17.9. The van der Waals surface area contributed by atoms with E-state index >= 15 is 0 Å². The average molecular weight is 513 g/mol. The molecule has 2 heterocycles. The van der Waals surface area contributed by atoms with Crippen LogP contribution in [0.2, 0.25) is 0 Å². The third-order valence-corrected chi connectivity index (χ3v) is 7.51. The van der Waals surface area contributed by atoms with E-state index in [9.17, 15) is 19.2 Å². The van der Waals surface area contributed by atoms with Crippen molar-refractivity contribution in [3.05, 3.63) is 23.9 Å². The highest BCUT2D eigenvalue weighted by Crippen LogP contribution is 2.33. The molecule has 4 rings (SSSR count). The molecule has 1 aliphatic heterocycles. The molecule has 10 nitrogen and oxygen atoms in total. The first kappa shape index (κ1) is 26.5. The minimum atomic E-state index is -0.814. The number of nitrogens with one attached hydrogen (secondary N) is 4. The normalized spacial score (nSPS) is 19.6. The van der Waals surface area contributed by atoms with Crippen LogP contribution in [0, 0.1) is 11.8 Å². The summed E-state index contributed by atoms with van der Waals surface area (Å²) in [6.07, 6.45) is 7.40. The van der Waals surface area contributed by atoms with Crippen molar-refractivity contribution in [1.29, 1.82) is 0 Å². The maximum absolute atomic E-state index is 13.3. The number of aldehydes is 1. The number of carbonyl (C=O) groups is 4. The van der Waals surface area contributed by atoms with Gasteiger partial charge in [0.15, 0.2) is 0 Å². The van der Waals surface area contributed by atoms with Crippen molar-refractivity contribution < 1.29 is 28.7 Å². The number of hydrogen-bond acceptors (Lipinski definition) is 6. The molecule has 0 spiro atoms. The number of ether oxygens (including phenoxy) is 2. The number of fused-ring (bicyclic) bond motifs is 1. The van der Waals surface area contributed by atoms with Crippen LogP contribution in [0.3, 0.4) is 0 Å². The van der Waals surface area contributed by atoms with Gasteiger partial charge < -0.3 is 35.2 Å². The molecule has 4 N–H and O–H groups in total. The largest absolute Gasteiger partial charge is 0.496 e. The Morgan fingerprint density at radius 1 is 1.05 bits per heavy atom. The highest BCUT2D eigenvalue weighted by atomic mass is 16.5. The molecule has 1 saturated carbocycles. The number of carbonyl (C=O) groups excluding carboxylic acids is 4. The third kappa shape index (κ3) is 6.23. The zero-order chi connectivity index (χ0) is 26.4. The molecular formula is C27H36N4O6. The third-order valence-electron chi connectivity index (χ3n) is 7.51. The first-order valence-corrected chi connectivity index (χ1v) is 13.0. The van der Waals surface area contributed by atoms with Crippen LogP contribution < -0.4 is 25.4 Å². The van der Waals surface area contributed by atoms with Crippen LogP contribution >= 0.6 is 0 Å². The molecule has 1 aromatic heterocycles. The molecule has 1 aromatic carbocycles. The fraction of sp³-hybridized carbons (Fsp3) is 0.556. The molecule has 1 aliphatic carbocycles. The molecular weight excluding hydrogens is 476 g/mol. The molecule has 200 valence electrons. The van der Waals surface area contributed by atoms with Crippen molar-refractivity contribution in [2.24, 2.45) is 11.8 Å². The summed E-state index contributed by atoms with van der Waals surface area (Å²) < 4.78 is 10.8. The Hall–Kier alpha value is -3.56. The van der Waals surface area contributed by atoms with Gasteiger partial charge in [-0.15, -0.1) is 0 Å². The summed E-state index contributed by atoms with van der Waals surface area (Å²) in [6, 6.07) is 3.58. The number of H-pyrrole nitrogens is 1. The molecule has 3 amide bonds. The van der Waals surface area contributed by atoms with Gasteiger partial charge in [0.25, 0.3) is 5.91 Å². The fourth-order valence-corrected chi connectivity index (χ4v) is 5.47. The lowest BCUT2D eigenvalue weighted by Crippen LogP contribution is -2.51. The van der Waals surface area contributed by atoms with Crippen LogP contribution in [-0.2, 0) is 14.4 Å². The second kappa shape index (κ2) is 12.1. The zero-order valence-corrected chi connectivity index (χ0v) is 21.4. The summed E-state index contributed by atoms with van der Waals surface area (Å²) in [5, 5.41) is 9.11. The molecule has 2 aromatic rings. The summed E-state index contributed by atoms with van der Waals surface area (Å²) in [7, 11) is 3.10. The van der Waals surface area contributed by atoms with Crippen LogP contribution in [0.5, 0.6) is 11.5 Å². The van der Waals surface area contributed by atoms with Gasteiger partial charge in [-0.2, -0.15) is 0 Å². The van der Waals surface area contributed by atoms with Gasteiger partial charge in [-0.3, -0.25) is 14.4 Å². The van der Waals surface area contributed by atoms with Crippen molar-refractivity contribution in [1.82, 2.24) is 20.9 Å². The molecule has 37 heavy (non-hydrogen) atoms. The van der Waals surface area contributed by atoms with Gasteiger partial charge in [-0.1, -0.05) is 32.1 Å². The lowest BCUT2D eigenvalue weighted by molar-refractivity contribution is -0.127. The predicted molar refractivity (Wildman–Crippen MR) is 138 cm³/mol. The molecule has 0 unspecified atom stereocenters. The molecule has 0 radical (unpaired) electrons. The molecule has 2 fully saturated rings. The van der Waals surface area contributed by atoms with E-state index < -0.39 is 23.9 Å². The number of benzene rings is 1.